The summed E-state index contributed by atoms with van der Waals surface area (Å²) in [5.41, 5.74) is 0.968. The number of rotatable bonds is 4. The first-order valence-electron chi connectivity index (χ1n) is 7.64. The van der Waals surface area contributed by atoms with Gasteiger partial charge < -0.3 is 4.74 Å². The number of ether oxygens (including phenoxy) is 1. The van der Waals surface area contributed by atoms with E-state index in [0.717, 1.165) is 12.0 Å². The Morgan fingerprint density at radius 1 is 1.35 bits per heavy atom. The largest absolute Gasteiger partial charge is 0.462 e. The highest BCUT2D eigenvalue weighted by atomic mass is 16.5. The summed E-state index contributed by atoms with van der Waals surface area (Å²) in [5, 5.41) is 0. The number of aromatic nitrogens is 1. The molecule has 0 amide bonds. The van der Waals surface area contributed by atoms with Crippen molar-refractivity contribution in [2.75, 3.05) is 0 Å². The summed E-state index contributed by atoms with van der Waals surface area (Å²) in [6.07, 6.45) is 7.29. The quantitative estimate of drug-likeness (QED) is 0.788. The van der Waals surface area contributed by atoms with Crippen LogP contribution in [0, 0.1) is 17.8 Å². The van der Waals surface area contributed by atoms with Gasteiger partial charge in [0.1, 0.15) is 6.10 Å². The fourth-order valence-electron chi connectivity index (χ4n) is 3.13. The molecule has 0 unspecified atom stereocenters. The van der Waals surface area contributed by atoms with Crippen molar-refractivity contribution in [3.05, 3.63) is 30.1 Å². The van der Waals surface area contributed by atoms with Gasteiger partial charge in [-0.3, -0.25) is 9.78 Å². The molecule has 3 heteroatoms. The van der Waals surface area contributed by atoms with Crippen molar-refractivity contribution >= 4 is 5.97 Å². The van der Waals surface area contributed by atoms with Gasteiger partial charge in [0.2, 0.25) is 0 Å². The summed E-state index contributed by atoms with van der Waals surface area (Å²) in [4.78, 5) is 16.1. The second-order valence-electron chi connectivity index (χ2n) is 6.39. The zero-order valence-electron chi connectivity index (χ0n) is 12.7. The van der Waals surface area contributed by atoms with E-state index in [1.807, 2.05) is 12.1 Å². The Hall–Kier alpha value is -1.38. The van der Waals surface area contributed by atoms with E-state index in [-0.39, 0.29) is 12.1 Å². The molecule has 2 rings (SSSR count). The van der Waals surface area contributed by atoms with E-state index in [1.54, 1.807) is 12.4 Å². The van der Waals surface area contributed by atoms with E-state index in [9.17, 15) is 4.79 Å². The van der Waals surface area contributed by atoms with Gasteiger partial charge in [0.25, 0.3) is 0 Å². The van der Waals surface area contributed by atoms with Gasteiger partial charge >= 0.3 is 5.97 Å². The van der Waals surface area contributed by atoms with Crippen molar-refractivity contribution < 1.29 is 9.53 Å². The number of esters is 1. The lowest BCUT2D eigenvalue weighted by Crippen LogP contribution is -2.36. The minimum atomic E-state index is -0.110. The van der Waals surface area contributed by atoms with Crippen LogP contribution in [-0.2, 0) is 16.0 Å². The lowest BCUT2D eigenvalue weighted by Gasteiger charge is -2.36. The lowest BCUT2D eigenvalue weighted by molar-refractivity contribution is -0.155. The maximum absolute atomic E-state index is 12.1. The molecule has 1 saturated carbocycles. The van der Waals surface area contributed by atoms with Crippen LogP contribution in [0.1, 0.15) is 45.6 Å². The average molecular weight is 275 g/mol. The maximum Gasteiger partial charge on any atom is 0.310 e. The van der Waals surface area contributed by atoms with E-state index in [4.69, 9.17) is 4.74 Å². The molecule has 1 aromatic rings. The monoisotopic (exact) mass is 275 g/mol. The summed E-state index contributed by atoms with van der Waals surface area (Å²) in [5.74, 6) is 1.62. The normalized spacial score (nSPS) is 26.5. The topological polar surface area (TPSA) is 39.2 Å². The van der Waals surface area contributed by atoms with Crippen LogP contribution in [0.2, 0.25) is 0 Å². The first kappa shape index (κ1) is 15.0. The van der Waals surface area contributed by atoms with Crippen molar-refractivity contribution in [1.29, 1.82) is 0 Å². The van der Waals surface area contributed by atoms with Crippen LogP contribution in [0.25, 0.3) is 0 Å². The van der Waals surface area contributed by atoms with Crippen molar-refractivity contribution in [1.82, 2.24) is 4.98 Å². The molecule has 1 aliphatic rings. The summed E-state index contributed by atoms with van der Waals surface area (Å²) < 4.78 is 5.78. The van der Waals surface area contributed by atoms with E-state index >= 15 is 0 Å². The Labute approximate surface area is 121 Å². The SMILES string of the molecule is CC(C)[C@H]1CC[C@H](C)C[C@@H]1OC(=O)Cc1ccncc1. The number of carbonyl (C=O) groups excluding carboxylic acids is 1. The van der Waals surface area contributed by atoms with Crippen molar-refractivity contribution in [3.63, 3.8) is 0 Å². The Bertz CT molecular complexity index is 430. The second kappa shape index (κ2) is 6.87. The second-order valence-corrected chi connectivity index (χ2v) is 6.39. The Kier molecular flexibility index (Phi) is 5.16. The smallest absolute Gasteiger partial charge is 0.310 e. The van der Waals surface area contributed by atoms with Crippen LogP contribution in [0.5, 0.6) is 0 Å². The third-order valence-electron chi connectivity index (χ3n) is 4.34. The molecule has 0 N–H and O–H groups in total. The number of hydrogen-bond donors (Lipinski definition) is 0. The van der Waals surface area contributed by atoms with Crippen LogP contribution in [0.15, 0.2) is 24.5 Å². The molecule has 0 radical (unpaired) electrons. The summed E-state index contributed by atoms with van der Waals surface area (Å²) in [6.45, 7) is 6.70. The first-order chi connectivity index (χ1) is 9.56. The fraction of sp³-hybridized carbons (Fsp3) is 0.647. The summed E-state index contributed by atoms with van der Waals surface area (Å²) in [7, 11) is 0. The maximum atomic E-state index is 12.1. The van der Waals surface area contributed by atoms with E-state index in [0.29, 0.717) is 24.2 Å². The number of nitrogens with zero attached hydrogens (tertiary/aromatic N) is 1. The molecule has 0 saturated heterocycles. The summed E-state index contributed by atoms with van der Waals surface area (Å²) >= 11 is 0. The average Bonchev–Trinajstić information content (AvgIpc) is 2.39. The molecule has 1 aliphatic carbocycles. The molecule has 20 heavy (non-hydrogen) atoms. The Morgan fingerprint density at radius 3 is 2.70 bits per heavy atom. The molecule has 0 aliphatic heterocycles. The predicted octanol–water partition coefficient (Wildman–Crippen LogP) is 3.63. The van der Waals surface area contributed by atoms with E-state index in [2.05, 4.69) is 25.8 Å². The van der Waals surface area contributed by atoms with Crippen LogP contribution < -0.4 is 0 Å². The highest BCUT2D eigenvalue weighted by Gasteiger charge is 2.33. The van der Waals surface area contributed by atoms with Gasteiger partial charge in [-0.2, -0.15) is 0 Å². The number of pyridine rings is 1. The summed E-state index contributed by atoms with van der Waals surface area (Å²) in [6, 6.07) is 3.73. The van der Waals surface area contributed by atoms with Gasteiger partial charge in [-0.05, 0) is 48.3 Å². The van der Waals surface area contributed by atoms with E-state index in [1.165, 1.54) is 12.8 Å². The lowest BCUT2D eigenvalue weighted by atomic mass is 9.75. The third kappa shape index (κ3) is 4.06. The van der Waals surface area contributed by atoms with Crippen LogP contribution in [0.4, 0.5) is 0 Å². The highest BCUT2D eigenvalue weighted by Crippen LogP contribution is 2.35. The molecular weight excluding hydrogens is 250 g/mol. The van der Waals surface area contributed by atoms with Crippen molar-refractivity contribution in [3.8, 4) is 0 Å². The fourth-order valence-corrected chi connectivity index (χ4v) is 3.13. The zero-order chi connectivity index (χ0) is 14.5. The molecular formula is C17H25NO2. The molecule has 0 spiro atoms. The zero-order valence-corrected chi connectivity index (χ0v) is 12.7. The van der Waals surface area contributed by atoms with Crippen LogP contribution in [-0.4, -0.2) is 17.1 Å². The highest BCUT2D eigenvalue weighted by molar-refractivity contribution is 5.72. The van der Waals surface area contributed by atoms with Gasteiger partial charge in [-0.1, -0.05) is 27.2 Å². The molecule has 0 aromatic carbocycles. The molecule has 1 heterocycles. The van der Waals surface area contributed by atoms with Gasteiger partial charge in [-0.25, -0.2) is 0 Å². The molecule has 1 fully saturated rings. The standard InChI is InChI=1S/C17H25NO2/c1-12(2)15-5-4-13(3)10-16(15)20-17(19)11-14-6-8-18-9-7-14/h6-9,12-13,15-16H,4-5,10-11H2,1-3H3/t13-,15+,16-/m0/s1. The van der Waals surface area contributed by atoms with Gasteiger partial charge in [-0.15, -0.1) is 0 Å². The Morgan fingerprint density at radius 2 is 2.05 bits per heavy atom. The van der Waals surface area contributed by atoms with Crippen LogP contribution in [0.3, 0.4) is 0 Å². The van der Waals surface area contributed by atoms with Gasteiger partial charge in [0.05, 0.1) is 6.42 Å². The minimum absolute atomic E-state index is 0.0908. The Balaban J connectivity index is 1.94. The van der Waals surface area contributed by atoms with Crippen molar-refractivity contribution in [2.45, 2.75) is 52.6 Å². The number of hydrogen-bond acceptors (Lipinski definition) is 3. The minimum Gasteiger partial charge on any atom is -0.462 e. The molecule has 3 nitrogen and oxygen atoms in total. The van der Waals surface area contributed by atoms with E-state index < -0.39 is 0 Å². The molecule has 0 bridgehead atoms. The van der Waals surface area contributed by atoms with Crippen molar-refractivity contribution in [2.24, 2.45) is 17.8 Å². The van der Waals surface area contributed by atoms with Gasteiger partial charge in [0.15, 0.2) is 0 Å². The first-order valence-corrected chi connectivity index (χ1v) is 7.64. The number of carbonyl (C=O) groups is 1. The molecule has 110 valence electrons. The third-order valence-corrected chi connectivity index (χ3v) is 4.34. The van der Waals surface area contributed by atoms with Crippen LogP contribution >= 0.6 is 0 Å². The van der Waals surface area contributed by atoms with Gasteiger partial charge in [0, 0.05) is 12.4 Å². The predicted molar refractivity (Wildman–Crippen MR) is 79.2 cm³/mol. The molecule has 1 aromatic heterocycles. The molecule has 3 atom stereocenters.